The Hall–Kier alpha value is -0.900. The normalized spacial score (nSPS) is 19.9. The second-order valence-electron chi connectivity index (χ2n) is 4.76. The van der Waals surface area contributed by atoms with Crippen molar-refractivity contribution >= 4 is 21.8 Å². The Bertz CT molecular complexity index is 429. The minimum absolute atomic E-state index is 0.161. The van der Waals surface area contributed by atoms with E-state index in [0.29, 0.717) is 10.4 Å². The van der Waals surface area contributed by atoms with E-state index in [9.17, 15) is 9.18 Å². The maximum atomic E-state index is 13.8. The molecule has 1 aliphatic heterocycles. The van der Waals surface area contributed by atoms with Crippen molar-refractivity contribution in [2.24, 2.45) is 5.92 Å². The zero-order chi connectivity index (χ0) is 13.1. The first kappa shape index (κ1) is 13.5. The van der Waals surface area contributed by atoms with Crippen molar-refractivity contribution < 1.29 is 9.18 Å². The van der Waals surface area contributed by atoms with Gasteiger partial charge in [0.1, 0.15) is 5.82 Å². The molecule has 1 saturated heterocycles. The molecule has 0 radical (unpaired) electrons. The van der Waals surface area contributed by atoms with E-state index >= 15 is 0 Å². The minimum atomic E-state index is -0.451. The minimum Gasteiger partial charge on any atom is -0.338 e. The lowest BCUT2D eigenvalue weighted by molar-refractivity contribution is 0.0665. The standard InChI is InChI=1S/C14H17BrFNO/c1-2-10-5-4-8-17(9-10)14(18)13-11(15)6-3-7-12(13)16/h3,6-7,10H,2,4-5,8-9H2,1H3. The molecule has 1 fully saturated rings. The van der Waals surface area contributed by atoms with E-state index in [1.165, 1.54) is 12.5 Å². The SMILES string of the molecule is CCC1CCCN(C(=O)c2c(F)cccc2Br)C1. The molecule has 1 aliphatic rings. The Balaban J connectivity index is 2.20. The van der Waals surface area contributed by atoms with Gasteiger partial charge in [0.15, 0.2) is 0 Å². The molecule has 0 spiro atoms. The molecule has 1 amide bonds. The molecule has 1 aromatic carbocycles. The van der Waals surface area contributed by atoms with Crippen LogP contribution < -0.4 is 0 Å². The van der Waals surface area contributed by atoms with Crippen molar-refractivity contribution in [3.63, 3.8) is 0 Å². The smallest absolute Gasteiger partial charge is 0.257 e. The first-order valence-corrected chi connectivity index (χ1v) is 7.16. The number of likely N-dealkylation sites (tertiary alicyclic amines) is 1. The van der Waals surface area contributed by atoms with E-state index in [4.69, 9.17) is 0 Å². The summed E-state index contributed by atoms with van der Waals surface area (Å²) >= 11 is 3.26. The zero-order valence-electron chi connectivity index (χ0n) is 10.5. The molecule has 0 saturated carbocycles. The lowest BCUT2D eigenvalue weighted by Gasteiger charge is -2.32. The number of piperidine rings is 1. The van der Waals surface area contributed by atoms with Crippen molar-refractivity contribution in [1.82, 2.24) is 4.90 Å². The van der Waals surface area contributed by atoms with Crippen LogP contribution in [0.25, 0.3) is 0 Å². The number of hydrogen-bond donors (Lipinski definition) is 0. The van der Waals surface area contributed by atoms with Crippen LogP contribution in [0.15, 0.2) is 22.7 Å². The Kier molecular flexibility index (Phi) is 4.38. The predicted molar refractivity (Wildman–Crippen MR) is 73.0 cm³/mol. The highest BCUT2D eigenvalue weighted by molar-refractivity contribution is 9.10. The third-order valence-electron chi connectivity index (χ3n) is 3.56. The van der Waals surface area contributed by atoms with Gasteiger partial charge in [0.2, 0.25) is 0 Å². The molecule has 18 heavy (non-hydrogen) atoms. The molecule has 1 heterocycles. The Labute approximate surface area is 115 Å². The Morgan fingerprint density at radius 1 is 1.56 bits per heavy atom. The number of rotatable bonds is 2. The molecular weight excluding hydrogens is 297 g/mol. The molecule has 0 aromatic heterocycles. The van der Waals surface area contributed by atoms with E-state index < -0.39 is 5.82 Å². The number of hydrogen-bond acceptors (Lipinski definition) is 1. The van der Waals surface area contributed by atoms with Gasteiger partial charge in [0.25, 0.3) is 5.91 Å². The van der Waals surface area contributed by atoms with Gasteiger partial charge in [-0.3, -0.25) is 4.79 Å². The molecule has 1 unspecified atom stereocenters. The number of halogens is 2. The summed E-state index contributed by atoms with van der Waals surface area (Å²) < 4.78 is 14.3. The van der Waals surface area contributed by atoms with Gasteiger partial charge in [-0.2, -0.15) is 0 Å². The summed E-state index contributed by atoms with van der Waals surface area (Å²) in [5, 5.41) is 0. The van der Waals surface area contributed by atoms with E-state index in [2.05, 4.69) is 22.9 Å². The maximum Gasteiger partial charge on any atom is 0.257 e. The van der Waals surface area contributed by atoms with Crippen molar-refractivity contribution in [3.05, 3.63) is 34.1 Å². The summed E-state index contributed by atoms with van der Waals surface area (Å²) in [4.78, 5) is 14.1. The van der Waals surface area contributed by atoms with Crippen LogP contribution in [0, 0.1) is 11.7 Å². The van der Waals surface area contributed by atoms with Crippen LogP contribution in [0.1, 0.15) is 36.5 Å². The summed E-state index contributed by atoms with van der Waals surface area (Å²) in [6, 6.07) is 4.64. The van der Waals surface area contributed by atoms with Crippen LogP contribution in [0.2, 0.25) is 0 Å². The Morgan fingerprint density at radius 2 is 2.33 bits per heavy atom. The number of carbonyl (C=O) groups is 1. The van der Waals surface area contributed by atoms with E-state index in [0.717, 1.165) is 25.9 Å². The molecule has 0 N–H and O–H groups in total. The second-order valence-corrected chi connectivity index (χ2v) is 5.62. The summed E-state index contributed by atoms with van der Waals surface area (Å²) in [6.07, 6.45) is 3.25. The monoisotopic (exact) mass is 313 g/mol. The topological polar surface area (TPSA) is 20.3 Å². The lowest BCUT2D eigenvalue weighted by Crippen LogP contribution is -2.40. The maximum absolute atomic E-state index is 13.8. The first-order chi connectivity index (χ1) is 8.63. The average Bonchev–Trinajstić information content (AvgIpc) is 2.38. The van der Waals surface area contributed by atoms with Gasteiger partial charge in [0.05, 0.1) is 5.56 Å². The van der Waals surface area contributed by atoms with E-state index in [1.807, 2.05) is 0 Å². The Morgan fingerprint density at radius 3 is 3.00 bits per heavy atom. The fourth-order valence-corrected chi connectivity index (χ4v) is 2.95. The van der Waals surface area contributed by atoms with Crippen LogP contribution in [0.3, 0.4) is 0 Å². The third kappa shape index (κ3) is 2.74. The average molecular weight is 314 g/mol. The fourth-order valence-electron chi connectivity index (χ4n) is 2.44. The van der Waals surface area contributed by atoms with Gasteiger partial charge in [-0.05, 0) is 46.8 Å². The molecule has 0 aliphatic carbocycles. The van der Waals surface area contributed by atoms with Crippen LogP contribution in [0.4, 0.5) is 4.39 Å². The molecule has 1 atom stereocenters. The van der Waals surface area contributed by atoms with Gasteiger partial charge in [-0.25, -0.2) is 4.39 Å². The zero-order valence-corrected chi connectivity index (χ0v) is 12.0. The summed E-state index contributed by atoms with van der Waals surface area (Å²) in [5.41, 5.74) is 0.161. The molecule has 98 valence electrons. The largest absolute Gasteiger partial charge is 0.338 e. The molecular formula is C14H17BrFNO. The lowest BCUT2D eigenvalue weighted by atomic mass is 9.95. The van der Waals surface area contributed by atoms with Crippen molar-refractivity contribution in [3.8, 4) is 0 Å². The highest BCUT2D eigenvalue weighted by atomic mass is 79.9. The summed E-state index contributed by atoms with van der Waals surface area (Å²) in [5.74, 6) is -0.0978. The highest BCUT2D eigenvalue weighted by Crippen LogP contribution is 2.25. The number of amides is 1. The molecule has 1 aromatic rings. The van der Waals surface area contributed by atoms with Gasteiger partial charge in [-0.1, -0.05) is 19.4 Å². The number of nitrogens with zero attached hydrogens (tertiary/aromatic N) is 1. The van der Waals surface area contributed by atoms with E-state index in [-0.39, 0.29) is 11.5 Å². The van der Waals surface area contributed by atoms with Gasteiger partial charge in [0, 0.05) is 17.6 Å². The van der Waals surface area contributed by atoms with Gasteiger partial charge >= 0.3 is 0 Å². The van der Waals surface area contributed by atoms with Crippen molar-refractivity contribution in [2.75, 3.05) is 13.1 Å². The molecule has 4 heteroatoms. The van der Waals surface area contributed by atoms with Gasteiger partial charge < -0.3 is 4.90 Å². The summed E-state index contributed by atoms with van der Waals surface area (Å²) in [7, 11) is 0. The van der Waals surface area contributed by atoms with Crippen LogP contribution >= 0.6 is 15.9 Å². The van der Waals surface area contributed by atoms with Crippen molar-refractivity contribution in [1.29, 1.82) is 0 Å². The third-order valence-corrected chi connectivity index (χ3v) is 4.22. The van der Waals surface area contributed by atoms with Gasteiger partial charge in [-0.15, -0.1) is 0 Å². The summed E-state index contributed by atoms with van der Waals surface area (Å²) in [6.45, 7) is 3.61. The molecule has 0 bridgehead atoms. The van der Waals surface area contributed by atoms with E-state index in [1.54, 1.807) is 17.0 Å². The quantitative estimate of drug-likeness (QED) is 0.812. The van der Waals surface area contributed by atoms with Crippen LogP contribution in [0.5, 0.6) is 0 Å². The second kappa shape index (κ2) is 5.83. The highest BCUT2D eigenvalue weighted by Gasteiger charge is 2.26. The number of carbonyl (C=O) groups excluding carboxylic acids is 1. The predicted octanol–water partition coefficient (Wildman–Crippen LogP) is 3.85. The van der Waals surface area contributed by atoms with Crippen molar-refractivity contribution in [2.45, 2.75) is 26.2 Å². The molecule has 2 nitrogen and oxygen atoms in total. The fraction of sp³-hybridized carbons (Fsp3) is 0.500. The first-order valence-electron chi connectivity index (χ1n) is 6.36. The van der Waals surface area contributed by atoms with Crippen LogP contribution in [-0.2, 0) is 0 Å². The van der Waals surface area contributed by atoms with Crippen LogP contribution in [-0.4, -0.2) is 23.9 Å². The number of benzene rings is 1. The molecule has 2 rings (SSSR count).